The predicted molar refractivity (Wildman–Crippen MR) is 90.8 cm³/mol. The topological polar surface area (TPSA) is 55.4 Å². The lowest BCUT2D eigenvalue weighted by Crippen LogP contribution is -2.14. The number of amides is 1. The Morgan fingerprint density at radius 1 is 1.04 bits per heavy atom. The Hall–Kier alpha value is -2.69. The van der Waals surface area contributed by atoms with Crippen LogP contribution in [0, 0.1) is 5.82 Å². The van der Waals surface area contributed by atoms with Crippen molar-refractivity contribution >= 4 is 17.4 Å². The van der Waals surface area contributed by atoms with E-state index >= 15 is 0 Å². The highest BCUT2D eigenvalue weighted by Crippen LogP contribution is 2.24. The number of Topliss-reactive ketones (excluding diaryl/α,β-unsaturated/α-hetero) is 1. The molecule has 1 amide bonds. The smallest absolute Gasteiger partial charge is 0.224 e. The number of ketones is 1. The summed E-state index contributed by atoms with van der Waals surface area (Å²) in [7, 11) is 0. The zero-order valence-electron chi connectivity index (χ0n) is 13.5. The largest absolute Gasteiger partial charge is 0.491 e. The van der Waals surface area contributed by atoms with Crippen LogP contribution in [0.25, 0.3) is 0 Å². The highest BCUT2D eigenvalue weighted by atomic mass is 19.1. The Kier molecular flexibility index (Phi) is 6.49. The van der Waals surface area contributed by atoms with Crippen LogP contribution in [0.1, 0.15) is 36.5 Å². The van der Waals surface area contributed by atoms with Gasteiger partial charge in [0, 0.05) is 18.4 Å². The van der Waals surface area contributed by atoms with Crippen molar-refractivity contribution in [3.63, 3.8) is 0 Å². The zero-order valence-corrected chi connectivity index (χ0v) is 13.5. The van der Waals surface area contributed by atoms with Crippen molar-refractivity contribution in [2.45, 2.75) is 26.2 Å². The van der Waals surface area contributed by atoms with Gasteiger partial charge in [-0.05, 0) is 42.8 Å². The lowest BCUT2D eigenvalue weighted by molar-refractivity contribution is -0.116. The van der Waals surface area contributed by atoms with E-state index in [9.17, 15) is 14.0 Å². The van der Waals surface area contributed by atoms with Gasteiger partial charge in [0.15, 0.2) is 5.78 Å². The Morgan fingerprint density at radius 3 is 2.46 bits per heavy atom. The molecule has 0 saturated heterocycles. The number of para-hydroxylation sites is 2. The number of carbonyl (C=O) groups excluding carboxylic acids is 2. The molecule has 2 rings (SSSR count). The van der Waals surface area contributed by atoms with Crippen LogP contribution in [0.5, 0.6) is 5.75 Å². The van der Waals surface area contributed by atoms with E-state index < -0.39 is 5.82 Å². The molecule has 0 bridgehead atoms. The summed E-state index contributed by atoms with van der Waals surface area (Å²) in [4.78, 5) is 24.0. The van der Waals surface area contributed by atoms with Gasteiger partial charge in [-0.2, -0.15) is 0 Å². The number of carbonyl (C=O) groups is 2. The second-order valence-corrected chi connectivity index (χ2v) is 5.32. The molecule has 1 N–H and O–H groups in total. The molecule has 0 fully saturated rings. The highest BCUT2D eigenvalue weighted by molar-refractivity contribution is 6.00. The summed E-state index contributed by atoms with van der Waals surface area (Å²) < 4.78 is 18.4. The second kappa shape index (κ2) is 8.82. The number of rotatable bonds is 8. The van der Waals surface area contributed by atoms with Gasteiger partial charge < -0.3 is 10.1 Å². The maximum atomic E-state index is 12.8. The fourth-order valence-corrected chi connectivity index (χ4v) is 2.13. The normalized spacial score (nSPS) is 10.2. The number of nitrogens with one attached hydrogen (secondary N) is 1. The maximum Gasteiger partial charge on any atom is 0.224 e. The first kappa shape index (κ1) is 17.7. The fourth-order valence-electron chi connectivity index (χ4n) is 2.13. The standard InChI is InChI=1S/C19H20FNO3/c1-2-13-24-18-6-4-3-5-16(18)21-19(23)12-11-17(22)14-7-9-15(20)10-8-14/h3-10H,2,11-13H2,1H3,(H,21,23). The van der Waals surface area contributed by atoms with Crippen molar-refractivity contribution in [2.75, 3.05) is 11.9 Å². The van der Waals surface area contributed by atoms with Gasteiger partial charge in [0.05, 0.1) is 12.3 Å². The van der Waals surface area contributed by atoms with E-state index in [-0.39, 0.29) is 24.5 Å². The Bertz CT molecular complexity index is 698. The van der Waals surface area contributed by atoms with Crippen LogP contribution in [0.4, 0.5) is 10.1 Å². The molecular weight excluding hydrogens is 309 g/mol. The summed E-state index contributed by atoms with van der Waals surface area (Å²) in [6, 6.07) is 12.5. The lowest BCUT2D eigenvalue weighted by Gasteiger charge is -2.11. The molecule has 0 atom stereocenters. The van der Waals surface area contributed by atoms with Crippen LogP contribution < -0.4 is 10.1 Å². The number of ether oxygens (including phenoxy) is 1. The van der Waals surface area contributed by atoms with E-state index in [1.807, 2.05) is 13.0 Å². The van der Waals surface area contributed by atoms with Crippen LogP contribution >= 0.6 is 0 Å². The molecule has 126 valence electrons. The molecule has 2 aromatic carbocycles. The molecule has 0 aliphatic heterocycles. The average Bonchev–Trinajstić information content (AvgIpc) is 2.59. The van der Waals surface area contributed by atoms with Gasteiger partial charge in [0.2, 0.25) is 5.91 Å². The molecule has 4 nitrogen and oxygen atoms in total. The highest BCUT2D eigenvalue weighted by Gasteiger charge is 2.11. The van der Waals surface area contributed by atoms with Crippen LogP contribution in [0.2, 0.25) is 0 Å². The van der Waals surface area contributed by atoms with Crippen LogP contribution in [-0.4, -0.2) is 18.3 Å². The molecule has 0 aromatic heterocycles. The number of anilines is 1. The van der Waals surface area contributed by atoms with Crippen molar-refractivity contribution in [1.82, 2.24) is 0 Å². The summed E-state index contributed by atoms with van der Waals surface area (Å²) >= 11 is 0. The molecular formula is C19H20FNO3. The van der Waals surface area contributed by atoms with Crippen molar-refractivity contribution in [3.05, 3.63) is 59.9 Å². The minimum atomic E-state index is -0.395. The molecule has 0 heterocycles. The van der Waals surface area contributed by atoms with Crippen LogP contribution in [-0.2, 0) is 4.79 Å². The Morgan fingerprint density at radius 2 is 1.75 bits per heavy atom. The van der Waals surface area contributed by atoms with Gasteiger partial charge >= 0.3 is 0 Å². The van der Waals surface area contributed by atoms with E-state index in [1.165, 1.54) is 24.3 Å². The average molecular weight is 329 g/mol. The van der Waals surface area contributed by atoms with Crippen LogP contribution in [0.3, 0.4) is 0 Å². The molecule has 0 radical (unpaired) electrons. The van der Waals surface area contributed by atoms with Crippen molar-refractivity contribution in [1.29, 1.82) is 0 Å². The Labute approximate surface area is 140 Å². The van der Waals surface area contributed by atoms with E-state index in [4.69, 9.17) is 4.74 Å². The third kappa shape index (κ3) is 5.19. The summed E-state index contributed by atoms with van der Waals surface area (Å²) in [5, 5.41) is 2.76. The van der Waals surface area contributed by atoms with Gasteiger partial charge in [-0.15, -0.1) is 0 Å². The first-order valence-corrected chi connectivity index (χ1v) is 7.90. The summed E-state index contributed by atoms with van der Waals surface area (Å²) in [5.41, 5.74) is 0.987. The molecule has 0 aliphatic carbocycles. The third-order valence-corrected chi connectivity index (χ3v) is 3.37. The first-order valence-electron chi connectivity index (χ1n) is 7.90. The molecule has 0 spiro atoms. The predicted octanol–water partition coefficient (Wildman–Crippen LogP) is 4.22. The molecule has 0 unspecified atom stereocenters. The maximum absolute atomic E-state index is 12.8. The minimum Gasteiger partial charge on any atom is -0.491 e. The van der Waals surface area contributed by atoms with E-state index in [0.29, 0.717) is 23.6 Å². The quantitative estimate of drug-likeness (QED) is 0.738. The monoisotopic (exact) mass is 329 g/mol. The zero-order chi connectivity index (χ0) is 17.4. The van der Waals surface area contributed by atoms with E-state index in [2.05, 4.69) is 5.32 Å². The van der Waals surface area contributed by atoms with E-state index in [1.54, 1.807) is 18.2 Å². The van der Waals surface area contributed by atoms with Gasteiger partial charge in [-0.1, -0.05) is 19.1 Å². The second-order valence-electron chi connectivity index (χ2n) is 5.32. The van der Waals surface area contributed by atoms with Crippen molar-refractivity contribution in [3.8, 4) is 5.75 Å². The first-order chi connectivity index (χ1) is 11.6. The third-order valence-electron chi connectivity index (χ3n) is 3.37. The lowest BCUT2D eigenvalue weighted by atomic mass is 10.1. The summed E-state index contributed by atoms with van der Waals surface area (Å²) in [5.74, 6) is -0.246. The summed E-state index contributed by atoms with van der Waals surface area (Å²) in [6.45, 7) is 2.57. The summed E-state index contributed by atoms with van der Waals surface area (Å²) in [6.07, 6.45) is 0.988. The number of benzene rings is 2. The van der Waals surface area contributed by atoms with Gasteiger partial charge in [-0.3, -0.25) is 9.59 Å². The minimum absolute atomic E-state index is 0.0539. The van der Waals surface area contributed by atoms with Gasteiger partial charge in [0.1, 0.15) is 11.6 Å². The molecule has 5 heteroatoms. The molecule has 24 heavy (non-hydrogen) atoms. The van der Waals surface area contributed by atoms with Crippen molar-refractivity contribution in [2.24, 2.45) is 0 Å². The SMILES string of the molecule is CCCOc1ccccc1NC(=O)CCC(=O)c1ccc(F)cc1. The van der Waals surface area contributed by atoms with Crippen molar-refractivity contribution < 1.29 is 18.7 Å². The fraction of sp³-hybridized carbons (Fsp3) is 0.263. The van der Waals surface area contributed by atoms with Gasteiger partial charge in [-0.25, -0.2) is 4.39 Å². The molecule has 2 aromatic rings. The van der Waals surface area contributed by atoms with Gasteiger partial charge in [0.25, 0.3) is 0 Å². The number of hydrogen-bond donors (Lipinski definition) is 1. The molecule has 0 saturated carbocycles. The molecule has 0 aliphatic rings. The number of hydrogen-bond acceptors (Lipinski definition) is 3. The number of halogens is 1. The van der Waals surface area contributed by atoms with Crippen LogP contribution in [0.15, 0.2) is 48.5 Å². The Balaban J connectivity index is 1.89. The van der Waals surface area contributed by atoms with E-state index in [0.717, 1.165) is 6.42 Å².